The Hall–Kier alpha value is -2.31. The standard InChI is InChI=1S/C12H15N3O4/c1-14(2)8-7(11(16)18-3)9(12(17)19-4)15-6-5-13-10(8)15/h5-6,9H,1-4H3. The second kappa shape index (κ2) is 4.75. The number of methoxy groups -OCH3 is 2. The normalized spacial score (nSPS) is 17.2. The van der Waals surface area contributed by atoms with Gasteiger partial charge in [-0.05, 0) is 0 Å². The van der Waals surface area contributed by atoms with E-state index in [1.165, 1.54) is 14.2 Å². The highest BCUT2D eigenvalue weighted by molar-refractivity contribution is 6.04. The van der Waals surface area contributed by atoms with Crippen LogP contribution in [-0.2, 0) is 19.1 Å². The minimum absolute atomic E-state index is 0.238. The van der Waals surface area contributed by atoms with E-state index in [2.05, 4.69) is 4.98 Å². The summed E-state index contributed by atoms with van der Waals surface area (Å²) in [7, 11) is 6.10. The third-order valence-corrected chi connectivity index (χ3v) is 2.96. The van der Waals surface area contributed by atoms with Gasteiger partial charge >= 0.3 is 11.9 Å². The van der Waals surface area contributed by atoms with E-state index < -0.39 is 18.0 Å². The molecule has 2 rings (SSSR count). The molecule has 1 atom stereocenters. The molecule has 1 aromatic heterocycles. The molecule has 1 unspecified atom stereocenters. The Bertz CT molecular complexity index is 559. The maximum absolute atomic E-state index is 12.0. The SMILES string of the molecule is COC(=O)C1=C(N(C)C)c2nccn2C1C(=O)OC. The molecule has 0 aliphatic carbocycles. The number of hydrogen-bond acceptors (Lipinski definition) is 6. The first-order chi connectivity index (χ1) is 9.02. The largest absolute Gasteiger partial charge is 0.467 e. The van der Waals surface area contributed by atoms with Crippen molar-refractivity contribution in [1.82, 2.24) is 14.5 Å². The monoisotopic (exact) mass is 265 g/mol. The van der Waals surface area contributed by atoms with Crippen LogP contribution in [0.4, 0.5) is 0 Å². The smallest absolute Gasteiger partial charge is 0.338 e. The topological polar surface area (TPSA) is 73.7 Å². The Morgan fingerprint density at radius 2 is 2.00 bits per heavy atom. The quantitative estimate of drug-likeness (QED) is 0.719. The van der Waals surface area contributed by atoms with Crippen molar-refractivity contribution in [3.63, 3.8) is 0 Å². The molecule has 0 bridgehead atoms. The maximum Gasteiger partial charge on any atom is 0.338 e. The summed E-state index contributed by atoms with van der Waals surface area (Å²) in [6.07, 6.45) is 3.21. The molecule has 0 radical (unpaired) electrons. The fraction of sp³-hybridized carbons (Fsp3) is 0.417. The summed E-state index contributed by atoms with van der Waals surface area (Å²) >= 11 is 0. The Balaban J connectivity index is 2.65. The van der Waals surface area contributed by atoms with Gasteiger partial charge in [0.1, 0.15) is 0 Å². The molecule has 1 aromatic rings. The van der Waals surface area contributed by atoms with Gasteiger partial charge in [-0.1, -0.05) is 0 Å². The van der Waals surface area contributed by atoms with Crippen molar-refractivity contribution in [2.45, 2.75) is 6.04 Å². The molecule has 7 nitrogen and oxygen atoms in total. The van der Waals surface area contributed by atoms with Crippen molar-refractivity contribution in [2.75, 3.05) is 28.3 Å². The van der Waals surface area contributed by atoms with Crippen LogP contribution in [0.1, 0.15) is 11.9 Å². The van der Waals surface area contributed by atoms with Crippen LogP contribution in [0.2, 0.25) is 0 Å². The second-order valence-corrected chi connectivity index (χ2v) is 4.23. The van der Waals surface area contributed by atoms with Gasteiger partial charge in [0.2, 0.25) is 0 Å². The van der Waals surface area contributed by atoms with Crippen molar-refractivity contribution >= 4 is 17.6 Å². The number of carbonyl (C=O) groups is 2. The van der Waals surface area contributed by atoms with Crippen LogP contribution < -0.4 is 0 Å². The summed E-state index contributed by atoms with van der Waals surface area (Å²) < 4.78 is 11.1. The summed E-state index contributed by atoms with van der Waals surface area (Å²) in [4.78, 5) is 29.8. The number of esters is 2. The Morgan fingerprint density at radius 3 is 2.53 bits per heavy atom. The fourth-order valence-electron chi connectivity index (χ4n) is 2.20. The van der Waals surface area contributed by atoms with Crippen molar-refractivity contribution < 1.29 is 19.1 Å². The average molecular weight is 265 g/mol. The molecule has 7 heteroatoms. The number of carbonyl (C=O) groups excluding carboxylic acids is 2. The molecule has 0 fully saturated rings. The molecule has 1 aliphatic heterocycles. The van der Waals surface area contributed by atoms with Crippen molar-refractivity contribution in [1.29, 1.82) is 0 Å². The molecule has 0 saturated carbocycles. The van der Waals surface area contributed by atoms with Crippen LogP contribution in [0.3, 0.4) is 0 Å². The molecule has 19 heavy (non-hydrogen) atoms. The molecule has 0 spiro atoms. The molecule has 0 amide bonds. The number of imidazole rings is 1. The van der Waals surface area contributed by atoms with Crippen LogP contribution in [0.15, 0.2) is 18.0 Å². The van der Waals surface area contributed by atoms with E-state index in [1.54, 1.807) is 36.0 Å². The molecule has 2 heterocycles. The molecular formula is C12H15N3O4. The minimum Gasteiger partial charge on any atom is -0.467 e. The van der Waals surface area contributed by atoms with Crippen LogP contribution in [0.5, 0.6) is 0 Å². The average Bonchev–Trinajstić information content (AvgIpc) is 2.95. The number of ether oxygens (including phenoxy) is 2. The number of rotatable bonds is 3. The first-order valence-electron chi connectivity index (χ1n) is 5.63. The number of fused-ring (bicyclic) bond motifs is 1. The van der Waals surface area contributed by atoms with E-state index in [9.17, 15) is 9.59 Å². The first kappa shape index (κ1) is 13.1. The molecular weight excluding hydrogens is 250 g/mol. The molecule has 1 aliphatic rings. The second-order valence-electron chi connectivity index (χ2n) is 4.23. The third-order valence-electron chi connectivity index (χ3n) is 2.96. The highest BCUT2D eigenvalue weighted by atomic mass is 16.5. The number of aromatic nitrogens is 2. The van der Waals surface area contributed by atoms with Gasteiger partial charge in [0.25, 0.3) is 0 Å². The van der Waals surface area contributed by atoms with E-state index in [4.69, 9.17) is 9.47 Å². The van der Waals surface area contributed by atoms with E-state index in [0.717, 1.165) is 0 Å². The van der Waals surface area contributed by atoms with Crippen LogP contribution in [0.25, 0.3) is 5.70 Å². The zero-order valence-electron chi connectivity index (χ0n) is 11.2. The molecule has 102 valence electrons. The van der Waals surface area contributed by atoms with Gasteiger partial charge < -0.3 is 18.9 Å². The third kappa shape index (κ3) is 1.87. The lowest BCUT2D eigenvalue weighted by molar-refractivity contribution is -0.146. The predicted octanol–water partition coefficient (Wildman–Crippen LogP) is 0.0565. The van der Waals surface area contributed by atoms with Crippen LogP contribution >= 0.6 is 0 Å². The van der Waals surface area contributed by atoms with Gasteiger partial charge in [-0.15, -0.1) is 0 Å². The van der Waals surface area contributed by atoms with E-state index in [-0.39, 0.29) is 5.57 Å². The van der Waals surface area contributed by atoms with E-state index >= 15 is 0 Å². The summed E-state index contributed by atoms with van der Waals surface area (Å²) in [5, 5.41) is 0. The van der Waals surface area contributed by atoms with Gasteiger partial charge in [0.05, 0.1) is 25.5 Å². The molecule has 0 aromatic carbocycles. The highest BCUT2D eigenvalue weighted by Gasteiger charge is 2.42. The summed E-state index contributed by atoms with van der Waals surface area (Å²) in [6, 6.07) is -0.854. The zero-order valence-corrected chi connectivity index (χ0v) is 11.2. The van der Waals surface area contributed by atoms with E-state index in [0.29, 0.717) is 11.5 Å². The number of nitrogens with zero attached hydrogens (tertiary/aromatic N) is 3. The van der Waals surface area contributed by atoms with E-state index in [1.807, 2.05) is 0 Å². The van der Waals surface area contributed by atoms with Crippen LogP contribution in [-0.4, -0.2) is 54.7 Å². The molecule has 0 saturated heterocycles. The summed E-state index contributed by atoms with van der Waals surface area (Å²) in [5.41, 5.74) is 0.801. The predicted molar refractivity (Wildman–Crippen MR) is 65.9 cm³/mol. The Kier molecular flexibility index (Phi) is 3.28. The Morgan fingerprint density at radius 1 is 1.32 bits per heavy atom. The van der Waals surface area contributed by atoms with Crippen molar-refractivity contribution in [3.05, 3.63) is 23.8 Å². The highest BCUT2D eigenvalue weighted by Crippen LogP contribution is 2.37. The van der Waals surface area contributed by atoms with Crippen LogP contribution in [0, 0.1) is 0 Å². The summed E-state index contributed by atoms with van der Waals surface area (Å²) in [5.74, 6) is -0.554. The van der Waals surface area contributed by atoms with Gasteiger partial charge in [-0.25, -0.2) is 14.6 Å². The lowest BCUT2D eigenvalue weighted by Crippen LogP contribution is -2.24. The van der Waals surface area contributed by atoms with Crippen molar-refractivity contribution in [3.8, 4) is 0 Å². The first-order valence-corrected chi connectivity index (χ1v) is 5.63. The van der Waals surface area contributed by atoms with Gasteiger partial charge in [0.15, 0.2) is 11.9 Å². The van der Waals surface area contributed by atoms with Gasteiger partial charge in [-0.3, -0.25) is 0 Å². The fourth-order valence-corrected chi connectivity index (χ4v) is 2.20. The van der Waals surface area contributed by atoms with Gasteiger partial charge in [0, 0.05) is 26.5 Å². The summed E-state index contributed by atoms with van der Waals surface area (Å²) in [6.45, 7) is 0. The minimum atomic E-state index is -0.854. The maximum atomic E-state index is 12.0. The zero-order chi connectivity index (χ0) is 14.2. The lowest BCUT2D eigenvalue weighted by Gasteiger charge is -2.16. The van der Waals surface area contributed by atoms with Crippen molar-refractivity contribution in [2.24, 2.45) is 0 Å². The lowest BCUT2D eigenvalue weighted by atomic mass is 10.1. The van der Waals surface area contributed by atoms with Gasteiger partial charge in [-0.2, -0.15) is 0 Å². The number of hydrogen-bond donors (Lipinski definition) is 0. The molecule has 0 N–H and O–H groups in total. The Labute approximate surface area is 110 Å².